The van der Waals surface area contributed by atoms with Crippen molar-refractivity contribution in [2.45, 2.75) is 49.3 Å². The summed E-state index contributed by atoms with van der Waals surface area (Å²) in [7, 11) is -3.42. The minimum Gasteiger partial charge on any atom is -0.377 e. The van der Waals surface area contributed by atoms with Crippen LogP contribution in [0.25, 0.3) is 0 Å². The average Bonchev–Trinajstić information content (AvgIpc) is 2.94. The Morgan fingerprint density at radius 2 is 2.20 bits per heavy atom. The van der Waals surface area contributed by atoms with E-state index in [1.807, 2.05) is 5.38 Å². The van der Waals surface area contributed by atoms with E-state index in [0.29, 0.717) is 24.0 Å². The third-order valence-corrected chi connectivity index (χ3v) is 6.21. The highest BCUT2D eigenvalue weighted by molar-refractivity contribution is 7.89. The van der Waals surface area contributed by atoms with Gasteiger partial charge in [0.25, 0.3) is 0 Å². The molecule has 2 aliphatic rings. The summed E-state index contributed by atoms with van der Waals surface area (Å²) in [5.41, 5.74) is 0. The lowest BCUT2D eigenvalue weighted by atomic mass is 10.2. The normalized spacial score (nSPS) is 23.3. The Balaban J connectivity index is 1.61. The van der Waals surface area contributed by atoms with E-state index in [2.05, 4.69) is 10.0 Å². The van der Waals surface area contributed by atoms with Gasteiger partial charge in [-0.25, -0.2) is 13.1 Å². The zero-order valence-corrected chi connectivity index (χ0v) is 12.9. The largest absolute Gasteiger partial charge is 0.377 e. The average molecular weight is 316 g/mol. The Labute approximate surface area is 123 Å². The van der Waals surface area contributed by atoms with E-state index in [-0.39, 0.29) is 6.10 Å². The van der Waals surface area contributed by atoms with Crippen molar-refractivity contribution >= 4 is 21.4 Å². The zero-order valence-electron chi connectivity index (χ0n) is 11.3. The number of hydrogen-bond acceptors (Lipinski definition) is 5. The first-order valence-electron chi connectivity index (χ1n) is 7.06. The number of nitrogens with one attached hydrogen (secondary N) is 2. The number of ether oxygens (including phenoxy) is 1. The minimum absolute atomic E-state index is 0.0245. The molecule has 1 aliphatic heterocycles. The van der Waals surface area contributed by atoms with Crippen LogP contribution in [0.4, 0.5) is 0 Å². The van der Waals surface area contributed by atoms with Crippen LogP contribution in [0.2, 0.25) is 0 Å². The van der Waals surface area contributed by atoms with Gasteiger partial charge in [-0.05, 0) is 37.1 Å². The highest BCUT2D eigenvalue weighted by Crippen LogP contribution is 2.25. The molecule has 1 aliphatic carbocycles. The van der Waals surface area contributed by atoms with Crippen LogP contribution in [-0.4, -0.2) is 33.7 Å². The molecule has 2 heterocycles. The third-order valence-electron chi connectivity index (χ3n) is 3.65. The fraction of sp³-hybridized carbons (Fsp3) is 0.692. The molecule has 0 aromatic carbocycles. The van der Waals surface area contributed by atoms with Crippen molar-refractivity contribution in [3.63, 3.8) is 0 Å². The second kappa shape index (κ2) is 6.11. The molecule has 1 atom stereocenters. The van der Waals surface area contributed by atoms with Crippen LogP contribution in [-0.2, 0) is 21.3 Å². The van der Waals surface area contributed by atoms with Crippen LogP contribution in [0, 0.1) is 0 Å². The standard InChI is InChI=1S/C13H20N2O3S2/c16-20(17,15-8-11-2-1-6-18-11)13-5-7-19-12(13)9-14-10-3-4-10/h5,7,10-11,14-15H,1-4,6,8-9H2. The Bertz CT molecular complexity index is 546. The molecule has 1 aromatic rings. The Hall–Kier alpha value is -0.470. The van der Waals surface area contributed by atoms with Gasteiger partial charge in [0.1, 0.15) is 0 Å². The van der Waals surface area contributed by atoms with Crippen LogP contribution < -0.4 is 10.0 Å². The van der Waals surface area contributed by atoms with Crippen molar-refractivity contribution in [2.24, 2.45) is 0 Å². The molecule has 112 valence electrons. The van der Waals surface area contributed by atoms with E-state index in [1.165, 1.54) is 24.2 Å². The highest BCUT2D eigenvalue weighted by Gasteiger charge is 2.25. The van der Waals surface area contributed by atoms with Gasteiger partial charge in [-0.2, -0.15) is 0 Å². The van der Waals surface area contributed by atoms with Gasteiger partial charge in [-0.3, -0.25) is 0 Å². The quantitative estimate of drug-likeness (QED) is 0.799. The molecule has 0 amide bonds. The topological polar surface area (TPSA) is 67.4 Å². The fourth-order valence-corrected chi connectivity index (χ4v) is 4.77. The van der Waals surface area contributed by atoms with Crippen molar-refractivity contribution in [1.82, 2.24) is 10.0 Å². The number of rotatable bonds is 7. The molecule has 0 bridgehead atoms. The van der Waals surface area contributed by atoms with Crippen molar-refractivity contribution in [3.05, 3.63) is 16.3 Å². The van der Waals surface area contributed by atoms with Crippen LogP contribution >= 0.6 is 11.3 Å². The molecule has 1 saturated carbocycles. The summed E-state index contributed by atoms with van der Waals surface area (Å²) in [4.78, 5) is 1.30. The van der Waals surface area contributed by atoms with Crippen molar-refractivity contribution in [2.75, 3.05) is 13.2 Å². The fourth-order valence-electron chi connectivity index (χ4n) is 2.31. The molecule has 5 nitrogen and oxygen atoms in total. The van der Waals surface area contributed by atoms with E-state index < -0.39 is 10.0 Å². The van der Waals surface area contributed by atoms with Gasteiger partial charge in [0.2, 0.25) is 10.0 Å². The van der Waals surface area contributed by atoms with Gasteiger partial charge in [0.05, 0.1) is 11.0 Å². The van der Waals surface area contributed by atoms with Crippen LogP contribution in [0.15, 0.2) is 16.3 Å². The molecule has 1 aromatic heterocycles. The second-order valence-corrected chi connectivity index (χ2v) is 8.09. The lowest BCUT2D eigenvalue weighted by Gasteiger charge is -2.12. The number of thiophene rings is 1. The molecular formula is C13H20N2O3S2. The summed E-state index contributed by atoms with van der Waals surface area (Å²) in [6, 6.07) is 2.26. The summed E-state index contributed by atoms with van der Waals surface area (Å²) >= 11 is 1.49. The third kappa shape index (κ3) is 3.59. The van der Waals surface area contributed by atoms with E-state index in [4.69, 9.17) is 4.74 Å². The van der Waals surface area contributed by atoms with Crippen molar-refractivity contribution in [3.8, 4) is 0 Å². The zero-order chi connectivity index (χ0) is 14.0. The maximum Gasteiger partial charge on any atom is 0.241 e. The predicted molar refractivity (Wildman–Crippen MR) is 78.3 cm³/mol. The molecule has 20 heavy (non-hydrogen) atoms. The maximum atomic E-state index is 12.3. The van der Waals surface area contributed by atoms with Gasteiger partial charge >= 0.3 is 0 Å². The smallest absolute Gasteiger partial charge is 0.241 e. The lowest BCUT2D eigenvalue weighted by Crippen LogP contribution is -2.32. The molecular weight excluding hydrogens is 296 g/mol. The molecule has 2 fully saturated rings. The first-order valence-corrected chi connectivity index (χ1v) is 9.42. The van der Waals surface area contributed by atoms with Crippen LogP contribution in [0.5, 0.6) is 0 Å². The molecule has 0 spiro atoms. The SMILES string of the molecule is O=S(=O)(NCC1CCCO1)c1ccsc1CNC1CC1. The van der Waals surface area contributed by atoms with E-state index in [9.17, 15) is 8.42 Å². The molecule has 0 radical (unpaired) electrons. The molecule has 7 heteroatoms. The monoisotopic (exact) mass is 316 g/mol. The summed E-state index contributed by atoms with van der Waals surface area (Å²) < 4.78 is 32.8. The van der Waals surface area contributed by atoms with Gasteiger partial charge in [0.15, 0.2) is 0 Å². The predicted octanol–water partition coefficient (Wildman–Crippen LogP) is 1.46. The molecule has 3 rings (SSSR count). The van der Waals surface area contributed by atoms with Crippen molar-refractivity contribution in [1.29, 1.82) is 0 Å². The van der Waals surface area contributed by atoms with Crippen LogP contribution in [0.1, 0.15) is 30.6 Å². The number of hydrogen-bond donors (Lipinski definition) is 2. The first kappa shape index (κ1) is 14.5. The Morgan fingerprint density at radius 1 is 1.35 bits per heavy atom. The second-order valence-electron chi connectivity index (χ2n) is 5.35. The van der Waals surface area contributed by atoms with Gasteiger partial charge in [-0.15, -0.1) is 11.3 Å². The first-order chi connectivity index (χ1) is 9.65. The Kier molecular flexibility index (Phi) is 4.42. The highest BCUT2D eigenvalue weighted by atomic mass is 32.2. The van der Waals surface area contributed by atoms with E-state index >= 15 is 0 Å². The van der Waals surface area contributed by atoms with Crippen LogP contribution in [0.3, 0.4) is 0 Å². The van der Waals surface area contributed by atoms with Gasteiger partial charge in [-0.1, -0.05) is 0 Å². The van der Waals surface area contributed by atoms with Gasteiger partial charge < -0.3 is 10.1 Å². The minimum atomic E-state index is -3.42. The number of sulfonamides is 1. The molecule has 2 N–H and O–H groups in total. The Morgan fingerprint density at radius 3 is 2.90 bits per heavy atom. The summed E-state index contributed by atoms with van der Waals surface area (Å²) in [6.07, 6.45) is 4.37. The van der Waals surface area contributed by atoms with E-state index in [1.54, 1.807) is 6.07 Å². The molecule has 1 unspecified atom stereocenters. The lowest BCUT2D eigenvalue weighted by molar-refractivity contribution is 0.114. The maximum absolute atomic E-state index is 12.3. The van der Waals surface area contributed by atoms with Crippen molar-refractivity contribution < 1.29 is 13.2 Å². The summed E-state index contributed by atoms with van der Waals surface area (Å²) in [5.74, 6) is 0. The van der Waals surface area contributed by atoms with Gasteiger partial charge in [0, 0.05) is 30.6 Å². The van der Waals surface area contributed by atoms with E-state index in [0.717, 1.165) is 24.3 Å². The summed E-state index contributed by atoms with van der Waals surface area (Å²) in [6.45, 7) is 1.74. The summed E-state index contributed by atoms with van der Waals surface area (Å²) in [5, 5.41) is 5.20. The molecule has 1 saturated heterocycles.